The van der Waals surface area contributed by atoms with E-state index in [0.29, 0.717) is 24.3 Å². The molecule has 0 saturated heterocycles. The molecule has 118 valence electrons. The van der Waals surface area contributed by atoms with Crippen LogP contribution in [-0.2, 0) is 4.74 Å². The van der Waals surface area contributed by atoms with Crippen molar-refractivity contribution in [3.8, 4) is 0 Å². The lowest BCUT2D eigenvalue weighted by atomic mass is 9.89. The normalized spacial score (nSPS) is 23.8. The lowest BCUT2D eigenvalue weighted by Crippen LogP contribution is -2.30. The van der Waals surface area contributed by atoms with Crippen LogP contribution in [0.5, 0.6) is 0 Å². The van der Waals surface area contributed by atoms with Crippen molar-refractivity contribution in [2.45, 2.75) is 44.8 Å². The van der Waals surface area contributed by atoms with Crippen LogP contribution in [0, 0.1) is 5.92 Å². The van der Waals surface area contributed by atoms with Crippen LogP contribution in [0.4, 0.5) is 5.69 Å². The van der Waals surface area contributed by atoms with Crippen LogP contribution in [0.15, 0.2) is 22.7 Å². The summed E-state index contributed by atoms with van der Waals surface area (Å²) < 4.78 is 6.72. The Kier molecular flexibility index (Phi) is 6.80. The maximum atomic E-state index is 10.0. The number of anilines is 1. The van der Waals surface area contributed by atoms with E-state index in [1.54, 1.807) is 0 Å². The van der Waals surface area contributed by atoms with Gasteiger partial charge in [-0.1, -0.05) is 31.4 Å². The molecule has 0 aromatic heterocycles. The number of hydrogen-bond acceptors (Lipinski definition) is 3. The minimum Gasteiger partial charge on any atom is -0.389 e. The number of ether oxygens (including phenoxy) is 1. The summed E-state index contributed by atoms with van der Waals surface area (Å²) in [4.78, 5) is 0. The van der Waals surface area contributed by atoms with E-state index in [2.05, 4.69) is 28.2 Å². The average Bonchev–Trinajstić information content (AvgIpc) is 2.44. The molecule has 1 aromatic rings. The van der Waals surface area contributed by atoms with E-state index < -0.39 is 6.10 Å². The minimum atomic E-state index is -0.509. The van der Waals surface area contributed by atoms with Gasteiger partial charge in [-0.25, -0.2) is 0 Å². The van der Waals surface area contributed by atoms with Crippen LogP contribution < -0.4 is 5.32 Å². The van der Waals surface area contributed by atoms with E-state index in [1.165, 1.54) is 12.8 Å². The first kappa shape index (κ1) is 17.1. The molecule has 2 rings (SSSR count). The second kappa shape index (κ2) is 8.37. The number of aliphatic hydroxyl groups is 1. The van der Waals surface area contributed by atoms with Crippen LogP contribution in [0.3, 0.4) is 0 Å². The van der Waals surface area contributed by atoms with Gasteiger partial charge in [0.25, 0.3) is 0 Å². The molecule has 0 radical (unpaired) electrons. The molecule has 1 aliphatic rings. The van der Waals surface area contributed by atoms with Gasteiger partial charge >= 0.3 is 0 Å². The molecule has 5 heteroatoms. The van der Waals surface area contributed by atoms with Gasteiger partial charge in [0.05, 0.1) is 18.8 Å². The van der Waals surface area contributed by atoms with Crippen molar-refractivity contribution in [2.75, 3.05) is 18.5 Å². The number of nitrogens with one attached hydrogen (secondary N) is 1. The van der Waals surface area contributed by atoms with Crippen LogP contribution in [0.25, 0.3) is 0 Å². The standard InChI is InChI=1S/C16H23BrClNO2/c1-11-3-2-4-14(7-11)21-10-13(20)9-19-16-6-5-12(18)8-15(16)17/h5-6,8,11,13-14,19-20H,2-4,7,9-10H2,1H3. The van der Waals surface area contributed by atoms with Crippen LogP contribution >= 0.6 is 27.5 Å². The third kappa shape index (κ3) is 5.78. The van der Waals surface area contributed by atoms with Crippen molar-refractivity contribution in [1.29, 1.82) is 0 Å². The second-order valence-electron chi connectivity index (χ2n) is 5.89. The number of halogens is 2. The zero-order chi connectivity index (χ0) is 15.2. The van der Waals surface area contributed by atoms with Gasteiger partial charge in [0.1, 0.15) is 0 Å². The molecule has 0 aliphatic heterocycles. The molecule has 3 unspecified atom stereocenters. The molecule has 2 N–H and O–H groups in total. The fourth-order valence-electron chi connectivity index (χ4n) is 2.70. The Balaban J connectivity index is 1.70. The summed E-state index contributed by atoms with van der Waals surface area (Å²) >= 11 is 9.35. The number of hydrogen-bond donors (Lipinski definition) is 2. The lowest BCUT2D eigenvalue weighted by Gasteiger charge is -2.27. The Morgan fingerprint density at radius 1 is 1.48 bits per heavy atom. The molecule has 1 aliphatic carbocycles. The summed E-state index contributed by atoms with van der Waals surface area (Å²) in [5, 5.41) is 13.9. The summed E-state index contributed by atoms with van der Waals surface area (Å²) in [6.45, 7) is 3.11. The number of benzene rings is 1. The maximum Gasteiger partial charge on any atom is 0.0945 e. The third-order valence-corrected chi connectivity index (χ3v) is 4.76. The van der Waals surface area contributed by atoms with Gasteiger partial charge in [-0.2, -0.15) is 0 Å². The van der Waals surface area contributed by atoms with Gasteiger partial charge < -0.3 is 15.2 Å². The van der Waals surface area contributed by atoms with Crippen molar-refractivity contribution in [2.24, 2.45) is 5.92 Å². The molecule has 1 fully saturated rings. The summed E-state index contributed by atoms with van der Waals surface area (Å²) in [6.07, 6.45) is 4.57. The van der Waals surface area contributed by atoms with Crippen LogP contribution in [0.1, 0.15) is 32.6 Å². The predicted octanol–water partition coefficient (Wildman–Crippen LogP) is 4.47. The Morgan fingerprint density at radius 2 is 2.29 bits per heavy atom. The summed E-state index contributed by atoms with van der Waals surface area (Å²) in [5.74, 6) is 0.740. The van der Waals surface area contributed by atoms with Crippen molar-refractivity contribution in [3.05, 3.63) is 27.7 Å². The first-order valence-corrected chi connectivity index (χ1v) is 8.70. The Morgan fingerprint density at radius 3 is 3.00 bits per heavy atom. The zero-order valence-electron chi connectivity index (χ0n) is 12.3. The topological polar surface area (TPSA) is 41.5 Å². The van der Waals surface area contributed by atoms with E-state index in [9.17, 15) is 5.11 Å². The Bertz CT molecular complexity index is 458. The first-order valence-electron chi connectivity index (χ1n) is 7.53. The largest absolute Gasteiger partial charge is 0.389 e. The molecule has 21 heavy (non-hydrogen) atoms. The molecule has 1 saturated carbocycles. The van der Waals surface area contributed by atoms with Gasteiger partial charge in [-0.3, -0.25) is 0 Å². The summed E-state index contributed by atoms with van der Waals surface area (Å²) in [5.41, 5.74) is 0.921. The highest BCUT2D eigenvalue weighted by atomic mass is 79.9. The lowest BCUT2D eigenvalue weighted by molar-refractivity contribution is -0.0274. The minimum absolute atomic E-state index is 0.311. The van der Waals surface area contributed by atoms with Crippen molar-refractivity contribution in [1.82, 2.24) is 0 Å². The van der Waals surface area contributed by atoms with Gasteiger partial charge in [0, 0.05) is 21.7 Å². The van der Waals surface area contributed by atoms with E-state index in [0.717, 1.165) is 28.9 Å². The zero-order valence-corrected chi connectivity index (χ0v) is 14.7. The molecular formula is C16H23BrClNO2. The molecular weight excluding hydrogens is 354 g/mol. The number of aliphatic hydroxyl groups excluding tert-OH is 1. The summed E-state index contributed by atoms with van der Waals surface area (Å²) in [6, 6.07) is 5.54. The van der Waals surface area contributed by atoms with Crippen molar-refractivity contribution < 1.29 is 9.84 Å². The molecule has 0 spiro atoms. The number of rotatable bonds is 6. The fourth-order valence-corrected chi connectivity index (χ4v) is 3.52. The van der Waals surface area contributed by atoms with Crippen LogP contribution in [0.2, 0.25) is 5.02 Å². The maximum absolute atomic E-state index is 10.0. The van der Waals surface area contributed by atoms with Gasteiger partial charge in [0.15, 0.2) is 0 Å². The van der Waals surface area contributed by atoms with Gasteiger partial charge in [0.2, 0.25) is 0 Å². The molecule has 0 bridgehead atoms. The fraction of sp³-hybridized carbons (Fsp3) is 0.625. The highest BCUT2D eigenvalue weighted by molar-refractivity contribution is 9.10. The highest BCUT2D eigenvalue weighted by Crippen LogP contribution is 2.27. The second-order valence-corrected chi connectivity index (χ2v) is 7.18. The van der Waals surface area contributed by atoms with E-state index in [4.69, 9.17) is 16.3 Å². The molecule has 3 nitrogen and oxygen atoms in total. The Hall–Kier alpha value is -0.290. The van der Waals surface area contributed by atoms with E-state index >= 15 is 0 Å². The predicted molar refractivity (Wildman–Crippen MR) is 91.0 cm³/mol. The molecule has 1 aromatic carbocycles. The summed E-state index contributed by atoms with van der Waals surface area (Å²) in [7, 11) is 0. The molecule has 3 atom stereocenters. The Labute approximate surface area is 140 Å². The van der Waals surface area contributed by atoms with Crippen molar-refractivity contribution in [3.63, 3.8) is 0 Å². The SMILES string of the molecule is CC1CCCC(OCC(O)CNc2ccc(Cl)cc2Br)C1. The highest BCUT2D eigenvalue weighted by Gasteiger charge is 2.20. The molecule has 0 heterocycles. The van der Waals surface area contributed by atoms with E-state index in [-0.39, 0.29) is 0 Å². The first-order chi connectivity index (χ1) is 10.0. The smallest absolute Gasteiger partial charge is 0.0945 e. The van der Waals surface area contributed by atoms with E-state index in [1.807, 2.05) is 18.2 Å². The quantitative estimate of drug-likeness (QED) is 0.769. The monoisotopic (exact) mass is 375 g/mol. The average molecular weight is 377 g/mol. The molecule has 0 amide bonds. The van der Waals surface area contributed by atoms with Gasteiger partial charge in [-0.15, -0.1) is 0 Å². The third-order valence-electron chi connectivity index (χ3n) is 3.87. The van der Waals surface area contributed by atoms with Crippen LogP contribution in [-0.4, -0.2) is 30.5 Å². The van der Waals surface area contributed by atoms with Crippen molar-refractivity contribution >= 4 is 33.2 Å². The van der Waals surface area contributed by atoms with Gasteiger partial charge in [-0.05, 0) is 52.9 Å².